The molecule has 0 heterocycles. The molecule has 0 aromatic heterocycles. The van der Waals surface area contributed by atoms with Gasteiger partial charge in [0.1, 0.15) is 6.54 Å². The number of amides is 1. The van der Waals surface area contributed by atoms with E-state index in [0.29, 0.717) is 17.9 Å². The van der Waals surface area contributed by atoms with Crippen LogP contribution in [-0.4, -0.2) is 30.3 Å². The number of allylic oxidation sites excluding steroid dienone is 1. The third-order valence-corrected chi connectivity index (χ3v) is 2.37. The molecule has 3 nitrogen and oxygen atoms in total. The van der Waals surface area contributed by atoms with E-state index in [1.807, 2.05) is 0 Å². The zero-order valence-corrected chi connectivity index (χ0v) is 10.9. The lowest BCUT2D eigenvalue weighted by atomic mass is 10.2. The average molecular weight is 287 g/mol. The summed E-state index contributed by atoms with van der Waals surface area (Å²) in [6.45, 7) is 2.10. The highest BCUT2D eigenvalue weighted by Gasteiger charge is 2.34. The first-order valence-corrected chi connectivity index (χ1v) is 6.11. The Hall–Kier alpha value is -1.82. The van der Waals surface area contributed by atoms with Gasteiger partial charge in [0, 0.05) is 5.56 Å². The van der Waals surface area contributed by atoms with Crippen molar-refractivity contribution in [1.29, 1.82) is 0 Å². The minimum absolute atomic E-state index is 0.0284. The van der Waals surface area contributed by atoms with Crippen molar-refractivity contribution in [3.63, 3.8) is 0 Å². The number of halogens is 3. The number of rotatable bonds is 7. The summed E-state index contributed by atoms with van der Waals surface area (Å²) in [5.74, 6) is -0.804. The number of hydroxylamine groups is 2. The molecule has 1 aromatic rings. The van der Waals surface area contributed by atoms with Gasteiger partial charge in [0.2, 0.25) is 0 Å². The summed E-state index contributed by atoms with van der Waals surface area (Å²) in [4.78, 5) is 16.9. The highest BCUT2D eigenvalue weighted by atomic mass is 19.4. The monoisotopic (exact) mass is 287 g/mol. The third-order valence-electron chi connectivity index (χ3n) is 2.37. The molecular formula is C14H16F3NO2. The van der Waals surface area contributed by atoms with Gasteiger partial charge in [0.25, 0.3) is 5.91 Å². The zero-order chi connectivity index (χ0) is 15.0. The Bertz CT molecular complexity index is 432. The maximum Gasteiger partial charge on any atom is 0.408 e. The molecule has 0 radical (unpaired) electrons. The Kier molecular flexibility index (Phi) is 6.24. The second-order valence-corrected chi connectivity index (χ2v) is 4.09. The van der Waals surface area contributed by atoms with Gasteiger partial charge in [-0.05, 0) is 25.0 Å². The SMILES string of the molecule is C=CCCCON(CC(F)(F)F)C(=O)c1ccccc1. The zero-order valence-electron chi connectivity index (χ0n) is 10.9. The van der Waals surface area contributed by atoms with Crippen LogP contribution in [0.4, 0.5) is 13.2 Å². The van der Waals surface area contributed by atoms with Crippen LogP contribution in [0, 0.1) is 0 Å². The van der Waals surface area contributed by atoms with Gasteiger partial charge in [-0.2, -0.15) is 13.2 Å². The third kappa shape index (κ3) is 5.88. The van der Waals surface area contributed by atoms with Crippen molar-refractivity contribution in [2.45, 2.75) is 19.0 Å². The molecular weight excluding hydrogens is 271 g/mol. The quantitative estimate of drug-likeness (QED) is 0.436. The first-order chi connectivity index (χ1) is 9.44. The van der Waals surface area contributed by atoms with E-state index in [9.17, 15) is 18.0 Å². The van der Waals surface area contributed by atoms with E-state index in [-0.39, 0.29) is 12.2 Å². The summed E-state index contributed by atoms with van der Waals surface area (Å²) in [5, 5.41) is 0.360. The summed E-state index contributed by atoms with van der Waals surface area (Å²) < 4.78 is 37.4. The smallest absolute Gasteiger partial charge is 0.270 e. The highest BCUT2D eigenvalue weighted by Crippen LogP contribution is 2.18. The number of unbranched alkanes of at least 4 members (excludes halogenated alkanes) is 1. The maximum atomic E-state index is 12.5. The largest absolute Gasteiger partial charge is 0.408 e. The fourth-order valence-corrected chi connectivity index (χ4v) is 1.47. The molecule has 6 heteroatoms. The molecule has 1 aromatic carbocycles. The number of hydrogen-bond donors (Lipinski definition) is 0. The van der Waals surface area contributed by atoms with Crippen LogP contribution in [0.5, 0.6) is 0 Å². The molecule has 0 aliphatic rings. The lowest BCUT2D eigenvalue weighted by Crippen LogP contribution is -2.39. The van der Waals surface area contributed by atoms with Crippen LogP contribution in [0.15, 0.2) is 43.0 Å². The van der Waals surface area contributed by atoms with Crippen molar-refractivity contribution in [1.82, 2.24) is 5.06 Å². The van der Waals surface area contributed by atoms with Gasteiger partial charge in [-0.3, -0.25) is 9.63 Å². The van der Waals surface area contributed by atoms with Crippen LogP contribution >= 0.6 is 0 Å². The average Bonchev–Trinajstić information content (AvgIpc) is 2.41. The van der Waals surface area contributed by atoms with Gasteiger partial charge in [0.05, 0.1) is 6.61 Å². The summed E-state index contributed by atoms with van der Waals surface area (Å²) >= 11 is 0. The van der Waals surface area contributed by atoms with E-state index >= 15 is 0 Å². The molecule has 0 N–H and O–H groups in total. The van der Waals surface area contributed by atoms with Crippen LogP contribution in [-0.2, 0) is 4.84 Å². The predicted octanol–water partition coefficient (Wildman–Crippen LogP) is 3.59. The van der Waals surface area contributed by atoms with Crippen molar-refractivity contribution < 1.29 is 22.8 Å². The minimum Gasteiger partial charge on any atom is -0.270 e. The number of alkyl halides is 3. The topological polar surface area (TPSA) is 29.5 Å². The maximum absolute atomic E-state index is 12.5. The van der Waals surface area contributed by atoms with E-state index < -0.39 is 18.6 Å². The van der Waals surface area contributed by atoms with Gasteiger partial charge < -0.3 is 0 Å². The van der Waals surface area contributed by atoms with E-state index in [4.69, 9.17) is 4.84 Å². The summed E-state index contributed by atoms with van der Waals surface area (Å²) in [5.41, 5.74) is 0.153. The van der Waals surface area contributed by atoms with Crippen molar-refractivity contribution in [3.05, 3.63) is 48.6 Å². The lowest BCUT2D eigenvalue weighted by molar-refractivity contribution is -0.211. The Labute approximate surface area is 115 Å². The van der Waals surface area contributed by atoms with Crippen LogP contribution in [0.3, 0.4) is 0 Å². The van der Waals surface area contributed by atoms with Gasteiger partial charge in [-0.25, -0.2) is 5.06 Å². The van der Waals surface area contributed by atoms with Crippen molar-refractivity contribution in [2.75, 3.05) is 13.2 Å². The fraction of sp³-hybridized carbons (Fsp3) is 0.357. The molecule has 0 aliphatic heterocycles. The fourth-order valence-electron chi connectivity index (χ4n) is 1.47. The number of carbonyl (C=O) groups is 1. The normalized spacial score (nSPS) is 11.2. The molecule has 0 fully saturated rings. The first-order valence-electron chi connectivity index (χ1n) is 6.11. The second-order valence-electron chi connectivity index (χ2n) is 4.09. The molecule has 0 unspecified atom stereocenters. The number of benzene rings is 1. The summed E-state index contributed by atoms with van der Waals surface area (Å²) in [6, 6.07) is 7.72. The molecule has 20 heavy (non-hydrogen) atoms. The predicted molar refractivity (Wildman–Crippen MR) is 68.9 cm³/mol. The van der Waals surface area contributed by atoms with E-state index in [2.05, 4.69) is 6.58 Å². The molecule has 1 rings (SSSR count). The molecule has 0 bridgehead atoms. The van der Waals surface area contributed by atoms with Crippen LogP contribution in [0.2, 0.25) is 0 Å². The van der Waals surface area contributed by atoms with Crippen molar-refractivity contribution in [2.24, 2.45) is 0 Å². The van der Waals surface area contributed by atoms with E-state index in [1.165, 1.54) is 12.1 Å². The van der Waals surface area contributed by atoms with E-state index in [0.717, 1.165) is 0 Å². The lowest BCUT2D eigenvalue weighted by Gasteiger charge is -2.23. The molecule has 0 spiro atoms. The number of hydrogen-bond acceptors (Lipinski definition) is 2. The molecule has 110 valence electrons. The van der Waals surface area contributed by atoms with Crippen LogP contribution in [0.25, 0.3) is 0 Å². The first kappa shape index (κ1) is 16.2. The van der Waals surface area contributed by atoms with Gasteiger partial charge >= 0.3 is 6.18 Å². The Balaban J connectivity index is 2.71. The summed E-state index contributed by atoms with van der Waals surface area (Å²) in [7, 11) is 0. The molecule has 0 saturated carbocycles. The minimum atomic E-state index is -4.51. The van der Waals surface area contributed by atoms with Crippen LogP contribution in [0.1, 0.15) is 23.2 Å². The van der Waals surface area contributed by atoms with Crippen LogP contribution < -0.4 is 0 Å². The molecule has 0 saturated heterocycles. The number of nitrogens with zero attached hydrogens (tertiary/aromatic N) is 1. The molecule has 0 atom stereocenters. The van der Waals surface area contributed by atoms with Crippen molar-refractivity contribution >= 4 is 5.91 Å². The van der Waals surface area contributed by atoms with E-state index in [1.54, 1.807) is 24.3 Å². The number of carbonyl (C=O) groups excluding carboxylic acids is 1. The van der Waals surface area contributed by atoms with Gasteiger partial charge in [-0.15, -0.1) is 6.58 Å². The highest BCUT2D eigenvalue weighted by molar-refractivity contribution is 5.93. The van der Waals surface area contributed by atoms with Gasteiger partial charge in [0.15, 0.2) is 0 Å². The van der Waals surface area contributed by atoms with Crippen molar-refractivity contribution in [3.8, 4) is 0 Å². The van der Waals surface area contributed by atoms with Gasteiger partial charge in [-0.1, -0.05) is 24.3 Å². The summed E-state index contributed by atoms with van der Waals surface area (Å²) in [6.07, 6.45) is -1.77. The molecule has 1 amide bonds. The Morgan fingerprint density at radius 3 is 2.50 bits per heavy atom. The Morgan fingerprint density at radius 2 is 1.95 bits per heavy atom. The standard InChI is InChI=1S/C14H16F3NO2/c1-2-3-7-10-20-18(11-14(15,16)17)13(19)12-8-5-4-6-9-12/h2,4-6,8-9H,1,3,7,10-11H2. The Morgan fingerprint density at radius 1 is 1.30 bits per heavy atom. The molecule has 0 aliphatic carbocycles. The second kappa shape index (κ2) is 7.69.